The summed E-state index contributed by atoms with van der Waals surface area (Å²) in [5.41, 5.74) is -0.167. The molecule has 0 saturated heterocycles. The highest BCUT2D eigenvalue weighted by Gasteiger charge is 2.31. The summed E-state index contributed by atoms with van der Waals surface area (Å²) in [5.74, 6) is -0.577. The molecular weight excluding hydrogens is 270 g/mol. The number of aliphatic carboxylic acids is 1. The van der Waals surface area contributed by atoms with E-state index in [1.165, 1.54) is 6.08 Å². The highest BCUT2D eigenvalue weighted by Crippen LogP contribution is 2.20. The average molecular weight is 291 g/mol. The number of rotatable bonds is 7. The number of carboxylic acids is 1. The van der Waals surface area contributed by atoms with Crippen molar-refractivity contribution in [2.75, 3.05) is 13.7 Å². The van der Waals surface area contributed by atoms with Crippen molar-refractivity contribution in [3.63, 3.8) is 0 Å². The minimum absolute atomic E-state index is 0.0912. The second kappa shape index (κ2) is 7.47. The Hall–Kier alpha value is -2.30. The lowest BCUT2D eigenvalue weighted by molar-refractivity contribution is -0.148. The van der Waals surface area contributed by atoms with Crippen molar-refractivity contribution >= 4 is 18.0 Å². The van der Waals surface area contributed by atoms with Crippen molar-refractivity contribution < 1.29 is 19.4 Å². The first-order chi connectivity index (χ1) is 9.92. The van der Waals surface area contributed by atoms with Crippen LogP contribution in [0.5, 0.6) is 5.75 Å². The van der Waals surface area contributed by atoms with Crippen molar-refractivity contribution in [1.29, 1.82) is 0 Å². The Morgan fingerprint density at radius 3 is 2.62 bits per heavy atom. The minimum Gasteiger partial charge on any atom is -0.496 e. The van der Waals surface area contributed by atoms with E-state index < -0.39 is 11.4 Å². The van der Waals surface area contributed by atoms with Crippen molar-refractivity contribution in [2.45, 2.75) is 20.3 Å². The van der Waals surface area contributed by atoms with Gasteiger partial charge in [-0.05, 0) is 25.5 Å². The molecule has 0 aliphatic carbocycles. The molecule has 0 aromatic heterocycles. The van der Waals surface area contributed by atoms with Crippen molar-refractivity contribution in [3.05, 3.63) is 35.9 Å². The lowest BCUT2D eigenvalue weighted by atomic mass is 9.88. The third kappa shape index (κ3) is 4.63. The average Bonchev–Trinajstić information content (AvgIpc) is 2.50. The topological polar surface area (TPSA) is 75.6 Å². The minimum atomic E-state index is -0.950. The van der Waals surface area contributed by atoms with Crippen molar-refractivity contribution in [3.8, 4) is 5.75 Å². The zero-order valence-corrected chi connectivity index (χ0v) is 12.6. The summed E-state index contributed by atoms with van der Waals surface area (Å²) in [6.45, 7) is 3.48. The van der Waals surface area contributed by atoms with Gasteiger partial charge < -0.3 is 15.2 Å². The second-order valence-corrected chi connectivity index (χ2v) is 5.01. The van der Waals surface area contributed by atoms with E-state index in [4.69, 9.17) is 9.84 Å². The number of carboxylic acid groups (broad SMARTS) is 1. The summed E-state index contributed by atoms with van der Waals surface area (Å²) >= 11 is 0. The molecule has 0 aliphatic rings. The van der Waals surface area contributed by atoms with E-state index in [0.717, 1.165) is 5.56 Å². The molecule has 2 N–H and O–H groups in total. The fraction of sp³-hybridized carbons (Fsp3) is 0.375. The fourth-order valence-corrected chi connectivity index (χ4v) is 1.66. The first-order valence-electron chi connectivity index (χ1n) is 6.75. The van der Waals surface area contributed by atoms with Gasteiger partial charge in [-0.15, -0.1) is 0 Å². The summed E-state index contributed by atoms with van der Waals surface area (Å²) in [7, 11) is 1.56. The van der Waals surface area contributed by atoms with Gasteiger partial charge in [-0.3, -0.25) is 9.59 Å². The van der Waals surface area contributed by atoms with Crippen LogP contribution in [0.25, 0.3) is 6.08 Å². The van der Waals surface area contributed by atoms with Crippen LogP contribution in [0.15, 0.2) is 30.3 Å². The Bertz CT molecular complexity index is 539. The van der Waals surface area contributed by atoms with Gasteiger partial charge >= 0.3 is 5.97 Å². The number of hydrogen-bond donors (Lipinski definition) is 2. The Morgan fingerprint density at radius 1 is 1.38 bits per heavy atom. The molecule has 0 bridgehead atoms. The molecule has 1 rings (SSSR count). The highest BCUT2D eigenvalue weighted by atomic mass is 16.5. The molecule has 0 fully saturated rings. The van der Waals surface area contributed by atoms with E-state index in [-0.39, 0.29) is 12.5 Å². The quantitative estimate of drug-likeness (QED) is 0.756. The summed E-state index contributed by atoms with van der Waals surface area (Å²) < 4.78 is 5.18. The van der Waals surface area contributed by atoms with Crippen LogP contribution in [-0.2, 0) is 9.59 Å². The van der Waals surface area contributed by atoms with Gasteiger partial charge in [0, 0.05) is 18.2 Å². The molecule has 1 aromatic carbocycles. The highest BCUT2D eigenvalue weighted by molar-refractivity contribution is 5.92. The van der Waals surface area contributed by atoms with Gasteiger partial charge in [0.1, 0.15) is 5.75 Å². The Labute approximate surface area is 124 Å². The van der Waals surface area contributed by atoms with E-state index in [2.05, 4.69) is 5.32 Å². The number of methoxy groups -OCH3 is 1. The SMILES string of the molecule is CCC(C)(CNC(=O)/C=C/c1ccccc1OC)C(=O)O. The van der Waals surface area contributed by atoms with Gasteiger partial charge in [-0.2, -0.15) is 0 Å². The van der Waals surface area contributed by atoms with Crippen LogP contribution in [0.4, 0.5) is 0 Å². The lowest BCUT2D eigenvalue weighted by Crippen LogP contribution is -2.40. The van der Waals surface area contributed by atoms with Gasteiger partial charge in [0.05, 0.1) is 12.5 Å². The van der Waals surface area contributed by atoms with Crippen LogP contribution in [0.1, 0.15) is 25.8 Å². The van der Waals surface area contributed by atoms with E-state index in [1.54, 1.807) is 33.1 Å². The van der Waals surface area contributed by atoms with Crippen LogP contribution >= 0.6 is 0 Å². The molecule has 1 amide bonds. The molecule has 5 nitrogen and oxygen atoms in total. The van der Waals surface area contributed by atoms with Gasteiger partial charge in [0.2, 0.25) is 5.91 Å². The third-order valence-electron chi connectivity index (χ3n) is 3.50. The number of amides is 1. The van der Waals surface area contributed by atoms with Gasteiger partial charge in [-0.1, -0.05) is 25.1 Å². The number of benzene rings is 1. The lowest BCUT2D eigenvalue weighted by Gasteiger charge is -2.22. The van der Waals surface area contributed by atoms with E-state index in [9.17, 15) is 9.59 Å². The Morgan fingerprint density at radius 2 is 2.05 bits per heavy atom. The zero-order valence-electron chi connectivity index (χ0n) is 12.6. The number of hydrogen-bond acceptors (Lipinski definition) is 3. The second-order valence-electron chi connectivity index (χ2n) is 5.01. The molecule has 5 heteroatoms. The largest absolute Gasteiger partial charge is 0.496 e. The van der Waals surface area contributed by atoms with Crippen LogP contribution in [0, 0.1) is 5.41 Å². The number of nitrogens with one attached hydrogen (secondary N) is 1. The van der Waals surface area contributed by atoms with Crippen LogP contribution in [-0.4, -0.2) is 30.6 Å². The van der Waals surface area contributed by atoms with Crippen molar-refractivity contribution in [1.82, 2.24) is 5.32 Å². The molecule has 0 saturated carbocycles. The third-order valence-corrected chi connectivity index (χ3v) is 3.50. The van der Waals surface area contributed by atoms with Gasteiger partial charge in [-0.25, -0.2) is 0 Å². The Kier molecular flexibility index (Phi) is 5.96. The van der Waals surface area contributed by atoms with E-state index in [1.807, 2.05) is 18.2 Å². The van der Waals surface area contributed by atoms with Crippen LogP contribution in [0.3, 0.4) is 0 Å². The standard InChI is InChI=1S/C16H21NO4/c1-4-16(2,15(19)20)11-17-14(18)10-9-12-7-5-6-8-13(12)21-3/h5-10H,4,11H2,1-3H3,(H,17,18)(H,19,20)/b10-9+. The van der Waals surface area contributed by atoms with Gasteiger partial charge in [0.15, 0.2) is 0 Å². The molecule has 0 radical (unpaired) electrons. The summed E-state index contributed by atoms with van der Waals surface area (Å²) in [4.78, 5) is 22.9. The molecule has 1 unspecified atom stereocenters. The number of ether oxygens (including phenoxy) is 1. The first-order valence-corrected chi connectivity index (χ1v) is 6.75. The molecule has 1 aromatic rings. The van der Waals surface area contributed by atoms with Crippen molar-refractivity contribution in [2.24, 2.45) is 5.41 Å². The fourth-order valence-electron chi connectivity index (χ4n) is 1.66. The monoisotopic (exact) mass is 291 g/mol. The zero-order chi connectivity index (χ0) is 15.9. The van der Waals surface area contributed by atoms with Gasteiger partial charge in [0.25, 0.3) is 0 Å². The van der Waals surface area contributed by atoms with Crippen LogP contribution < -0.4 is 10.1 Å². The molecule has 0 spiro atoms. The maximum atomic E-state index is 11.8. The summed E-state index contributed by atoms with van der Waals surface area (Å²) in [6, 6.07) is 7.32. The maximum Gasteiger partial charge on any atom is 0.311 e. The predicted octanol–water partition coefficient (Wildman–Crippen LogP) is 2.33. The summed E-state index contributed by atoms with van der Waals surface area (Å²) in [5, 5.41) is 11.8. The molecule has 0 heterocycles. The molecule has 21 heavy (non-hydrogen) atoms. The number of para-hydroxylation sites is 1. The van der Waals surface area contributed by atoms with E-state index in [0.29, 0.717) is 12.2 Å². The predicted molar refractivity (Wildman–Crippen MR) is 81.1 cm³/mol. The van der Waals surface area contributed by atoms with Crippen LogP contribution in [0.2, 0.25) is 0 Å². The molecule has 0 aliphatic heterocycles. The summed E-state index contributed by atoms with van der Waals surface area (Å²) in [6.07, 6.45) is 3.45. The molecule has 114 valence electrons. The number of carbonyl (C=O) groups is 2. The van der Waals surface area contributed by atoms with E-state index >= 15 is 0 Å². The smallest absolute Gasteiger partial charge is 0.311 e. The molecular formula is C16H21NO4. The number of carbonyl (C=O) groups excluding carboxylic acids is 1. The Balaban J connectivity index is 2.65. The molecule has 1 atom stereocenters. The first kappa shape index (κ1) is 16.8. The maximum absolute atomic E-state index is 11.8. The normalized spacial score (nSPS) is 13.7.